The van der Waals surface area contributed by atoms with E-state index in [-0.39, 0.29) is 38.8 Å². The fourth-order valence-corrected chi connectivity index (χ4v) is 2.38. The predicted octanol–water partition coefficient (Wildman–Crippen LogP) is 2.57. The molecule has 3 N–H and O–H groups in total. The van der Waals surface area contributed by atoms with Crippen LogP contribution in [0.5, 0.6) is 5.75 Å². The number of halogens is 3. The fourth-order valence-electron chi connectivity index (χ4n) is 1.72. The molecule has 5 nitrogen and oxygen atoms in total. The molecule has 8 heteroatoms. The molecule has 2 amide bonds. The van der Waals surface area contributed by atoms with Gasteiger partial charge in [-0.2, -0.15) is 0 Å². The van der Waals surface area contributed by atoms with E-state index in [9.17, 15) is 14.7 Å². The van der Waals surface area contributed by atoms with Gasteiger partial charge >= 0.3 is 0 Å². The summed E-state index contributed by atoms with van der Waals surface area (Å²) in [6.07, 6.45) is 0.672. The summed E-state index contributed by atoms with van der Waals surface area (Å²) >= 11 is 17.4. The van der Waals surface area contributed by atoms with E-state index in [2.05, 4.69) is 10.6 Å². The van der Waals surface area contributed by atoms with E-state index in [4.69, 9.17) is 34.8 Å². The maximum Gasteiger partial charge on any atom is 0.247 e. The monoisotopic (exact) mass is 322 g/mol. The molecular weight excluding hydrogens is 314 g/mol. The van der Waals surface area contributed by atoms with Crippen molar-refractivity contribution < 1.29 is 14.7 Å². The lowest BCUT2D eigenvalue weighted by Gasteiger charge is -2.14. The summed E-state index contributed by atoms with van der Waals surface area (Å²) in [5.41, 5.74) is -0.0645. The molecule has 0 radical (unpaired) electrons. The number of hydrogen-bond donors (Lipinski definition) is 3. The Hall–Kier alpha value is -1.17. The van der Waals surface area contributed by atoms with Gasteiger partial charge in [0.1, 0.15) is 11.7 Å². The van der Waals surface area contributed by atoms with Crippen molar-refractivity contribution in [3.63, 3.8) is 0 Å². The van der Waals surface area contributed by atoms with Gasteiger partial charge in [0.2, 0.25) is 11.8 Å². The number of amides is 2. The number of anilines is 1. The van der Waals surface area contributed by atoms with Gasteiger partial charge < -0.3 is 15.7 Å². The number of carbonyl (C=O) groups is 2. The second-order valence-electron chi connectivity index (χ2n) is 4.03. The van der Waals surface area contributed by atoms with E-state index in [0.717, 1.165) is 0 Å². The van der Waals surface area contributed by atoms with Gasteiger partial charge in [0.15, 0.2) is 5.75 Å². The van der Waals surface area contributed by atoms with Gasteiger partial charge in [0, 0.05) is 6.42 Å². The largest absolute Gasteiger partial charge is 0.504 e. The van der Waals surface area contributed by atoms with Gasteiger partial charge in [-0.1, -0.05) is 34.8 Å². The van der Waals surface area contributed by atoms with Crippen LogP contribution in [0.1, 0.15) is 12.8 Å². The van der Waals surface area contributed by atoms with Crippen LogP contribution in [-0.2, 0) is 9.59 Å². The number of benzene rings is 1. The molecule has 0 unspecified atom stereocenters. The molecule has 0 bridgehead atoms. The molecule has 0 saturated carbocycles. The maximum absolute atomic E-state index is 11.9. The lowest BCUT2D eigenvalue weighted by Crippen LogP contribution is -2.37. The number of nitrogens with one attached hydrogen (secondary N) is 2. The topological polar surface area (TPSA) is 78.4 Å². The summed E-state index contributed by atoms with van der Waals surface area (Å²) in [6.45, 7) is 0. The molecule has 1 aromatic rings. The maximum atomic E-state index is 11.9. The molecule has 1 aliphatic heterocycles. The summed E-state index contributed by atoms with van der Waals surface area (Å²) in [6, 6.07) is 0.619. The Morgan fingerprint density at radius 3 is 2.63 bits per heavy atom. The summed E-state index contributed by atoms with van der Waals surface area (Å²) < 4.78 is 0. The third-order valence-electron chi connectivity index (χ3n) is 2.71. The Bertz CT molecular complexity index is 536. The van der Waals surface area contributed by atoms with E-state index in [1.54, 1.807) is 0 Å². The van der Waals surface area contributed by atoms with Crippen LogP contribution in [0.15, 0.2) is 6.07 Å². The van der Waals surface area contributed by atoms with Crippen LogP contribution in [-0.4, -0.2) is 23.0 Å². The first kappa shape index (κ1) is 14.2. The highest BCUT2D eigenvalue weighted by atomic mass is 35.5. The normalized spacial score (nSPS) is 18.3. The van der Waals surface area contributed by atoms with Crippen LogP contribution in [0.2, 0.25) is 15.1 Å². The molecule has 0 aromatic heterocycles. The highest BCUT2D eigenvalue weighted by molar-refractivity contribution is 6.46. The van der Waals surface area contributed by atoms with Crippen LogP contribution in [0, 0.1) is 0 Å². The lowest BCUT2D eigenvalue weighted by atomic mass is 10.2. The summed E-state index contributed by atoms with van der Waals surface area (Å²) in [7, 11) is 0. The smallest absolute Gasteiger partial charge is 0.247 e. The van der Waals surface area contributed by atoms with E-state index in [0.29, 0.717) is 6.42 Å². The van der Waals surface area contributed by atoms with Crippen LogP contribution in [0.3, 0.4) is 0 Å². The molecular formula is C11H9Cl3N2O3. The van der Waals surface area contributed by atoms with Crippen molar-refractivity contribution in [3.05, 3.63) is 21.1 Å². The van der Waals surface area contributed by atoms with E-state index < -0.39 is 11.9 Å². The second kappa shape index (κ2) is 5.45. The van der Waals surface area contributed by atoms with Crippen molar-refractivity contribution in [1.82, 2.24) is 5.32 Å². The highest BCUT2D eigenvalue weighted by Gasteiger charge is 2.28. The van der Waals surface area contributed by atoms with E-state index in [1.807, 2.05) is 0 Å². The second-order valence-corrected chi connectivity index (χ2v) is 5.22. The predicted molar refractivity (Wildman–Crippen MR) is 72.9 cm³/mol. The SMILES string of the molecule is O=C1CC[C@@H](C(=O)Nc2c(O)c(Cl)cc(Cl)c2Cl)N1. The molecule has 1 saturated heterocycles. The minimum absolute atomic E-state index is 0.0127. The van der Waals surface area contributed by atoms with Gasteiger partial charge in [-0.05, 0) is 12.5 Å². The van der Waals surface area contributed by atoms with Crippen molar-refractivity contribution in [2.24, 2.45) is 0 Å². The molecule has 1 fully saturated rings. The molecule has 19 heavy (non-hydrogen) atoms. The van der Waals surface area contributed by atoms with Gasteiger partial charge in [-0.15, -0.1) is 0 Å². The average molecular weight is 324 g/mol. The summed E-state index contributed by atoms with van der Waals surface area (Å²) in [4.78, 5) is 22.9. The third kappa shape index (κ3) is 2.88. The molecule has 102 valence electrons. The first-order valence-corrected chi connectivity index (χ1v) is 6.50. The molecule has 1 heterocycles. The van der Waals surface area contributed by atoms with Crippen LogP contribution < -0.4 is 10.6 Å². The van der Waals surface area contributed by atoms with Crippen molar-refractivity contribution in [2.45, 2.75) is 18.9 Å². The van der Waals surface area contributed by atoms with Crippen molar-refractivity contribution >= 4 is 52.3 Å². The van der Waals surface area contributed by atoms with Crippen LogP contribution >= 0.6 is 34.8 Å². The zero-order valence-corrected chi connectivity index (χ0v) is 11.7. The Balaban J connectivity index is 2.24. The molecule has 1 aliphatic rings. The van der Waals surface area contributed by atoms with E-state index in [1.165, 1.54) is 6.07 Å². The quantitative estimate of drug-likeness (QED) is 0.578. The first-order valence-electron chi connectivity index (χ1n) is 5.37. The summed E-state index contributed by atoms with van der Waals surface area (Å²) in [5.74, 6) is -1.05. The standard InChI is InChI=1S/C11H9Cl3N2O3/c12-4-3-5(13)10(18)9(8(4)14)16-11(19)6-1-2-7(17)15-6/h3,6,18H,1-2H2,(H,15,17)(H,16,19)/t6-/m0/s1. The fraction of sp³-hybridized carbons (Fsp3) is 0.273. The highest BCUT2D eigenvalue weighted by Crippen LogP contribution is 2.42. The third-order valence-corrected chi connectivity index (χ3v) is 3.78. The first-order chi connectivity index (χ1) is 8.90. The number of hydrogen-bond acceptors (Lipinski definition) is 3. The number of aromatic hydroxyl groups is 1. The Kier molecular flexibility index (Phi) is 4.08. The van der Waals surface area contributed by atoms with Crippen molar-refractivity contribution in [2.75, 3.05) is 5.32 Å². The van der Waals surface area contributed by atoms with Gasteiger partial charge in [0.05, 0.1) is 15.1 Å². The van der Waals surface area contributed by atoms with Crippen molar-refractivity contribution in [3.8, 4) is 5.75 Å². The van der Waals surface area contributed by atoms with Crippen LogP contribution in [0.4, 0.5) is 5.69 Å². The number of phenols is 1. The Morgan fingerprint density at radius 2 is 2.05 bits per heavy atom. The van der Waals surface area contributed by atoms with Gasteiger partial charge in [-0.25, -0.2) is 0 Å². The van der Waals surface area contributed by atoms with Crippen molar-refractivity contribution in [1.29, 1.82) is 0 Å². The zero-order valence-electron chi connectivity index (χ0n) is 9.47. The molecule has 0 spiro atoms. The minimum Gasteiger partial charge on any atom is -0.504 e. The average Bonchev–Trinajstić information content (AvgIpc) is 2.79. The Morgan fingerprint density at radius 1 is 1.37 bits per heavy atom. The number of phenolic OH excluding ortho intramolecular Hbond substituents is 1. The molecule has 1 aromatic carbocycles. The summed E-state index contributed by atoms with van der Waals surface area (Å²) in [5, 5.41) is 14.8. The van der Waals surface area contributed by atoms with E-state index >= 15 is 0 Å². The molecule has 1 atom stereocenters. The Labute approximate surface area is 123 Å². The molecule has 0 aliphatic carbocycles. The minimum atomic E-state index is -0.652. The van der Waals surface area contributed by atoms with Gasteiger partial charge in [-0.3, -0.25) is 9.59 Å². The van der Waals surface area contributed by atoms with Gasteiger partial charge in [0.25, 0.3) is 0 Å². The lowest BCUT2D eigenvalue weighted by molar-refractivity contribution is -0.122. The number of carbonyl (C=O) groups excluding carboxylic acids is 2. The molecule has 2 rings (SSSR count). The van der Waals surface area contributed by atoms with Crippen LogP contribution in [0.25, 0.3) is 0 Å². The number of rotatable bonds is 2. The zero-order chi connectivity index (χ0) is 14.2.